The second-order valence-corrected chi connectivity index (χ2v) is 8.22. The summed E-state index contributed by atoms with van der Waals surface area (Å²) in [7, 11) is 0. The number of rotatable bonds is 5. The van der Waals surface area contributed by atoms with E-state index < -0.39 is 6.04 Å². The van der Waals surface area contributed by atoms with Crippen LogP contribution in [-0.4, -0.2) is 79.0 Å². The minimum absolute atomic E-state index is 0.0616. The van der Waals surface area contributed by atoms with Gasteiger partial charge in [0, 0.05) is 43.5 Å². The number of carbonyl (C=O) groups excluding carboxylic acids is 3. The minimum atomic E-state index is -0.431. The molecule has 2 N–H and O–H groups in total. The zero-order valence-electron chi connectivity index (χ0n) is 17.3. The number of carbonyl (C=O) groups is 3. The lowest BCUT2D eigenvalue weighted by atomic mass is 10.0. The molecule has 8 heteroatoms. The minimum Gasteiger partial charge on any atom is -0.378 e. The molecule has 0 aromatic heterocycles. The van der Waals surface area contributed by atoms with E-state index in [0.29, 0.717) is 50.1 Å². The van der Waals surface area contributed by atoms with Crippen molar-refractivity contribution in [3.63, 3.8) is 0 Å². The summed E-state index contributed by atoms with van der Waals surface area (Å²) in [5.74, 6) is -0.343. The molecule has 2 aliphatic heterocycles. The predicted octanol–water partition coefficient (Wildman–Crippen LogP) is 1.23. The van der Waals surface area contributed by atoms with Crippen LogP contribution in [0, 0.1) is 0 Å². The maximum atomic E-state index is 12.7. The lowest BCUT2D eigenvalue weighted by Crippen LogP contribution is -2.58. The smallest absolute Gasteiger partial charge is 0.254 e. The molecule has 1 atom stereocenters. The molecule has 2 saturated heterocycles. The Bertz CT molecular complexity index is 787. The molecule has 1 aromatic carbocycles. The van der Waals surface area contributed by atoms with Crippen LogP contribution in [0.3, 0.4) is 0 Å². The monoisotopic (exact) mass is 414 g/mol. The van der Waals surface area contributed by atoms with E-state index >= 15 is 0 Å². The Morgan fingerprint density at radius 2 is 1.90 bits per heavy atom. The number of ether oxygens (including phenoxy) is 1. The van der Waals surface area contributed by atoms with Crippen LogP contribution in [0.2, 0.25) is 0 Å². The SMILES string of the molecule is O=C(CC1C(=O)NCCN1C1CCCC1)Nc1cccc(C(=O)N2CCOCC2)c1. The molecule has 162 valence electrons. The zero-order chi connectivity index (χ0) is 20.9. The summed E-state index contributed by atoms with van der Waals surface area (Å²) in [5.41, 5.74) is 1.11. The van der Waals surface area contributed by atoms with Gasteiger partial charge in [-0.2, -0.15) is 0 Å². The Morgan fingerprint density at radius 1 is 1.13 bits per heavy atom. The number of morpholine rings is 1. The molecule has 1 aromatic rings. The summed E-state index contributed by atoms with van der Waals surface area (Å²) in [6.45, 7) is 3.66. The molecular weight excluding hydrogens is 384 g/mol. The number of hydrogen-bond donors (Lipinski definition) is 2. The third-order valence-corrected chi connectivity index (χ3v) is 6.24. The van der Waals surface area contributed by atoms with Gasteiger partial charge >= 0.3 is 0 Å². The largest absolute Gasteiger partial charge is 0.378 e. The van der Waals surface area contributed by atoms with Gasteiger partial charge in [0.2, 0.25) is 11.8 Å². The molecule has 1 aliphatic carbocycles. The highest BCUT2D eigenvalue weighted by Crippen LogP contribution is 2.27. The summed E-state index contributed by atoms with van der Waals surface area (Å²) in [6, 6.07) is 6.95. The van der Waals surface area contributed by atoms with Crippen molar-refractivity contribution in [2.75, 3.05) is 44.7 Å². The van der Waals surface area contributed by atoms with Gasteiger partial charge in [-0.25, -0.2) is 0 Å². The van der Waals surface area contributed by atoms with Gasteiger partial charge in [0.25, 0.3) is 5.91 Å². The van der Waals surface area contributed by atoms with E-state index in [9.17, 15) is 14.4 Å². The number of nitrogens with zero attached hydrogens (tertiary/aromatic N) is 2. The third-order valence-electron chi connectivity index (χ3n) is 6.24. The first-order chi connectivity index (χ1) is 14.6. The molecule has 8 nitrogen and oxygen atoms in total. The van der Waals surface area contributed by atoms with Gasteiger partial charge < -0.3 is 20.3 Å². The van der Waals surface area contributed by atoms with E-state index in [-0.39, 0.29) is 24.1 Å². The van der Waals surface area contributed by atoms with Gasteiger partial charge in [0.05, 0.1) is 25.7 Å². The van der Waals surface area contributed by atoms with E-state index in [1.54, 1.807) is 29.2 Å². The van der Waals surface area contributed by atoms with Crippen LogP contribution in [0.4, 0.5) is 5.69 Å². The van der Waals surface area contributed by atoms with Crippen LogP contribution in [0.15, 0.2) is 24.3 Å². The molecule has 4 rings (SSSR count). The second-order valence-electron chi connectivity index (χ2n) is 8.22. The highest BCUT2D eigenvalue weighted by molar-refractivity contribution is 5.98. The molecule has 3 aliphatic rings. The fourth-order valence-corrected chi connectivity index (χ4v) is 4.68. The summed E-state index contributed by atoms with van der Waals surface area (Å²) in [4.78, 5) is 41.9. The Labute approximate surface area is 176 Å². The second kappa shape index (κ2) is 9.57. The van der Waals surface area contributed by atoms with Crippen molar-refractivity contribution >= 4 is 23.4 Å². The lowest BCUT2D eigenvalue weighted by Gasteiger charge is -2.38. The predicted molar refractivity (Wildman–Crippen MR) is 112 cm³/mol. The number of nitrogens with one attached hydrogen (secondary N) is 2. The van der Waals surface area contributed by atoms with Gasteiger partial charge in [-0.3, -0.25) is 19.3 Å². The van der Waals surface area contributed by atoms with Crippen LogP contribution in [0.1, 0.15) is 42.5 Å². The quantitative estimate of drug-likeness (QED) is 0.756. The summed E-state index contributed by atoms with van der Waals surface area (Å²) in [5, 5.41) is 5.77. The van der Waals surface area contributed by atoms with Crippen LogP contribution in [0.5, 0.6) is 0 Å². The zero-order valence-corrected chi connectivity index (χ0v) is 17.3. The van der Waals surface area contributed by atoms with Crippen molar-refractivity contribution < 1.29 is 19.1 Å². The highest BCUT2D eigenvalue weighted by atomic mass is 16.5. The first kappa shape index (κ1) is 20.8. The fraction of sp³-hybridized carbons (Fsp3) is 0.591. The first-order valence-electron chi connectivity index (χ1n) is 10.9. The van der Waals surface area contributed by atoms with Crippen LogP contribution in [0.25, 0.3) is 0 Å². The van der Waals surface area contributed by atoms with Gasteiger partial charge in [0.1, 0.15) is 0 Å². The van der Waals surface area contributed by atoms with Crippen molar-refractivity contribution in [3.05, 3.63) is 29.8 Å². The molecule has 3 amide bonds. The van der Waals surface area contributed by atoms with Crippen LogP contribution in [-0.2, 0) is 14.3 Å². The Morgan fingerprint density at radius 3 is 2.67 bits per heavy atom. The maximum absolute atomic E-state index is 12.7. The van der Waals surface area contributed by atoms with E-state index in [0.717, 1.165) is 19.4 Å². The topological polar surface area (TPSA) is 91.0 Å². The number of benzene rings is 1. The Hall–Kier alpha value is -2.45. The van der Waals surface area contributed by atoms with Crippen LogP contribution < -0.4 is 10.6 Å². The Kier molecular flexibility index (Phi) is 6.64. The standard InChI is InChI=1S/C22H30N4O4/c27-20(15-19-21(28)23-8-9-26(19)18-6-1-2-7-18)24-17-5-3-4-16(14-17)22(29)25-10-12-30-13-11-25/h3-5,14,18-19H,1-2,6-13,15H2,(H,23,28)(H,24,27). The van der Waals surface area contributed by atoms with E-state index in [2.05, 4.69) is 15.5 Å². The summed E-state index contributed by atoms with van der Waals surface area (Å²) >= 11 is 0. The van der Waals surface area contributed by atoms with Crippen molar-refractivity contribution in [1.82, 2.24) is 15.1 Å². The van der Waals surface area contributed by atoms with E-state index in [1.807, 2.05) is 0 Å². The van der Waals surface area contributed by atoms with Crippen molar-refractivity contribution in [2.45, 2.75) is 44.2 Å². The average Bonchev–Trinajstić information content (AvgIpc) is 3.30. The Balaban J connectivity index is 1.39. The van der Waals surface area contributed by atoms with E-state index in [4.69, 9.17) is 4.74 Å². The molecule has 0 bridgehead atoms. The fourth-order valence-electron chi connectivity index (χ4n) is 4.68. The van der Waals surface area contributed by atoms with Gasteiger partial charge in [0.15, 0.2) is 0 Å². The molecule has 1 saturated carbocycles. The average molecular weight is 415 g/mol. The normalized spacial score (nSPS) is 23.3. The molecule has 30 heavy (non-hydrogen) atoms. The van der Waals surface area contributed by atoms with Crippen LogP contribution >= 0.6 is 0 Å². The van der Waals surface area contributed by atoms with Gasteiger partial charge in [-0.1, -0.05) is 18.9 Å². The lowest BCUT2D eigenvalue weighted by molar-refractivity contribution is -0.133. The molecule has 3 fully saturated rings. The summed E-state index contributed by atoms with van der Waals surface area (Å²) in [6.07, 6.45) is 4.68. The number of anilines is 1. The van der Waals surface area contributed by atoms with Gasteiger partial charge in [-0.05, 0) is 31.0 Å². The third kappa shape index (κ3) is 4.82. The molecular formula is C22H30N4O4. The number of amides is 3. The molecule has 0 radical (unpaired) electrons. The van der Waals surface area contributed by atoms with Crippen molar-refractivity contribution in [3.8, 4) is 0 Å². The molecule has 0 spiro atoms. The molecule has 1 unspecified atom stereocenters. The number of hydrogen-bond acceptors (Lipinski definition) is 5. The van der Waals surface area contributed by atoms with Crippen molar-refractivity contribution in [1.29, 1.82) is 0 Å². The summed E-state index contributed by atoms with van der Waals surface area (Å²) < 4.78 is 5.30. The first-order valence-corrected chi connectivity index (χ1v) is 10.9. The highest BCUT2D eigenvalue weighted by Gasteiger charge is 2.36. The maximum Gasteiger partial charge on any atom is 0.254 e. The van der Waals surface area contributed by atoms with Crippen molar-refractivity contribution in [2.24, 2.45) is 0 Å². The van der Waals surface area contributed by atoms with Gasteiger partial charge in [-0.15, -0.1) is 0 Å². The molecule has 2 heterocycles. The number of piperazine rings is 1. The van der Waals surface area contributed by atoms with E-state index in [1.165, 1.54) is 12.8 Å².